The molecule has 31 heavy (non-hydrogen) atoms. The lowest BCUT2D eigenvalue weighted by Crippen LogP contribution is -2.53. The van der Waals surface area contributed by atoms with Gasteiger partial charge in [-0.2, -0.15) is 0 Å². The Morgan fingerprint density at radius 2 is 2.00 bits per heavy atom. The van der Waals surface area contributed by atoms with Gasteiger partial charge in [0, 0.05) is 39.3 Å². The second-order valence-electron chi connectivity index (χ2n) is 9.15. The van der Waals surface area contributed by atoms with E-state index >= 15 is 0 Å². The molecule has 1 saturated carbocycles. The lowest BCUT2D eigenvalue weighted by Gasteiger charge is -2.37. The van der Waals surface area contributed by atoms with Crippen molar-refractivity contribution in [3.63, 3.8) is 0 Å². The SMILES string of the molecule is CC(=O)N1CCCC(CS(=O)(=O)NNC(=O)C2CC(C3CN(C)CN3)CC(Cl)C2F)C1. The van der Waals surface area contributed by atoms with Gasteiger partial charge in [0.15, 0.2) is 0 Å². The van der Waals surface area contributed by atoms with E-state index in [-0.39, 0.29) is 29.5 Å². The number of piperidine rings is 1. The standard InChI is InChI=1S/C19H33ClFN5O4S/c1-12(27)26-5-3-4-13(8-26)10-31(29,30)24-23-19(28)15-6-14(7-16(20)18(15)21)17-9-25(2)11-22-17/h13-18,22,24H,3-11H2,1-2H3,(H,23,28). The molecule has 12 heteroatoms. The van der Waals surface area contributed by atoms with Gasteiger partial charge in [0.25, 0.3) is 0 Å². The van der Waals surface area contributed by atoms with Gasteiger partial charge in [0.05, 0.1) is 17.0 Å². The number of nitrogens with zero attached hydrogens (tertiary/aromatic N) is 2. The molecule has 3 aliphatic rings. The van der Waals surface area contributed by atoms with Crippen LogP contribution in [0.2, 0.25) is 0 Å². The molecule has 2 aliphatic heterocycles. The number of hydrazine groups is 1. The van der Waals surface area contributed by atoms with E-state index < -0.39 is 33.4 Å². The Kier molecular flexibility index (Phi) is 8.17. The summed E-state index contributed by atoms with van der Waals surface area (Å²) in [5.41, 5.74) is 2.20. The Hall–Kier alpha value is -1.01. The fourth-order valence-electron chi connectivity index (χ4n) is 4.92. The van der Waals surface area contributed by atoms with Gasteiger partial charge in [-0.25, -0.2) is 12.8 Å². The van der Waals surface area contributed by atoms with Gasteiger partial charge >= 0.3 is 0 Å². The van der Waals surface area contributed by atoms with E-state index in [1.807, 2.05) is 7.05 Å². The number of hydrogen-bond donors (Lipinski definition) is 3. The predicted molar refractivity (Wildman–Crippen MR) is 115 cm³/mol. The highest BCUT2D eigenvalue weighted by atomic mass is 35.5. The number of halogens is 2. The number of likely N-dealkylation sites (tertiary alicyclic amines) is 1. The van der Waals surface area contributed by atoms with Gasteiger partial charge in [-0.3, -0.25) is 25.2 Å². The maximum Gasteiger partial charge on any atom is 0.241 e. The molecule has 0 radical (unpaired) electrons. The van der Waals surface area contributed by atoms with Gasteiger partial charge in [0.2, 0.25) is 21.8 Å². The van der Waals surface area contributed by atoms with Crippen LogP contribution in [-0.4, -0.2) is 86.7 Å². The van der Waals surface area contributed by atoms with Crippen molar-refractivity contribution in [3.05, 3.63) is 0 Å². The third kappa shape index (κ3) is 6.50. The van der Waals surface area contributed by atoms with Crippen LogP contribution in [0.5, 0.6) is 0 Å². The molecule has 3 N–H and O–H groups in total. The maximum atomic E-state index is 14.7. The van der Waals surface area contributed by atoms with E-state index in [1.165, 1.54) is 6.92 Å². The Morgan fingerprint density at radius 3 is 2.65 bits per heavy atom. The van der Waals surface area contributed by atoms with Crippen LogP contribution in [0.3, 0.4) is 0 Å². The molecule has 0 aromatic carbocycles. The van der Waals surface area contributed by atoms with Gasteiger partial charge in [-0.05, 0) is 44.6 Å². The number of nitrogens with one attached hydrogen (secondary N) is 3. The Balaban J connectivity index is 1.53. The quantitative estimate of drug-likeness (QED) is 0.364. The monoisotopic (exact) mass is 481 g/mol. The van der Waals surface area contributed by atoms with Crippen LogP contribution in [0.4, 0.5) is 4.39 Å². The highest BCUT2D eigenvalue weighted by Gasteiger charge is 2.44. The highest BCUT2D eigenvalue weighted by molar-refractivity contribution is 7.89. The molecular formula is C19H33ClFN5O4S. The van der Waals surface area contributed by atoms with E-state index in [1.54, 1.807) is 4.90 Å². The van der Waals surface area contributed by atoms with Crippen molar-refractivity contribution >= 4 is 33.4 Å². The third-order valence-corrected chi connectivity index (χ3v) is 8.34. The summed E-state index contributed by atoms with van der Waals surface area (Å²) in [6, 6.07) is 0.126. The zero-order valence-corrected chi connectivity index (χ0v) is 19.6. The van der Waals surface area contributed by atoms with Crippen LogP contribution < -0.4 is 15.6 Å². The molecule has 2 heterocycles. The van der Waals surface area contributed by atoms with Crippen LogP contribution in [0, 0.1) is 17.8 Å². The molecule has 0 aromatic heterocycles. The summed E-state index contributed by atoms with van der Waals surface area (Å²) < 4.78 is 39.6. The molecule has 6 atom stereocenters. The molecule has 0 aromatic rings. The number of alkyl halides is 2. The Bertz CT molecular complexity index is 772. The lowest BCUT2D eigenvalue weighted by molar-refractivity contribution is -0.130. The van der Waals surface area contributed by atoms with Crippen LogP contribution >= 0.6 is 11.6 Å². The van der Waals surface area contributed by atoms with Crippen LogP contribution in [0.1, 0.15) is 32.6 Å². The van der Waals surface area contributed by atoms with Crippen LogP contribution in [-0.2, 0) is 19.6 Å². The van der Waals surface area contributed by atoms with Gasteiger partial charge in [-0.15, -0.1) is 16.4 Å². The summed E-state index contributed by atoms with van der Waals surface area (Å²) in [6.07, 6.45) is 0.661. The van der Waals surface area contributed by atoms with Crippen molar-refractivity contribution in [1.29, 1.82) is 0 Å². The van der Waals surface area contributed by atoms with Crippen molar-refractivity contribution in [2.24, 2.45) is 17.8 Å². The molecule has 1 aliphatic carbocycles. The molecule has 9 nitrogen and oxygen atoms in total. The van der Waals surface area contributed by atoms with Crippen LogP contribution in [0.25, 0.3) is 0 Å². The fourth-order valence-corrected chi connectivity index (χ4v) is 6.55. The van der Waals surface area contributed by atoms with Crippen molar-refractivity contribution in [3.8, 4) is 0 Å². The summed E-state index contributed by atoms with van der Waals surface area (Å²) in [7, 11) is -1.85. The van der Waals surface area contributed by atoms with Crippen molar-refractivity contribution in [2.45, 2.75) is 50.2 Å². The van der Waals surface area contributed by atoms with Gasteiger partial charge < -0.3 is 4.90 Å². The number of amides is 2. The first-order chi connectivity index (χ1) is 14.6. The number of likely N-dealkylation sites (N-methyl/N-ethyl adjacent to an activating group) is 1. The molecule has 3 fully saturated rings. The minimum absolute atomic E-state index is 0.0339. The number of carbonyl (C=O) groups excluding carboxylic acids is 2. The van der Waals surface area contributed by atoms with Crippen molar-refractivity contribution in [2.75, 3.05) is 39.1 Å². The average molecular weight is 482 g/mol. The molecule has 6 unspecified atom stereocenters. The highest BCUT2D eigenvalue weighted by Crippen LogP contribution is 2.37. The number of rotatable bonds is 6. The molecule has 0 bridgehead atoms. The fraction of sp³-hybridized carbons (Fsp3) is 0.895. The molecule has 2 amide bonds. The zero-order valence-electron chi connectivity index (χ0n) is 18.0. The lowest BCUT2D eigenvalue weighted by atomic mass is 9.76. The summed E-state index contributed by atoms with van der Waals surface area (Å²) in [4.78, 5) is 30.0. The van der Waals surface area contributed by atoms with Crippen molar-refractivity contribution < 1.29 is 22.4 Å². The number of hydrogen-bond acceptors (Lipinski definition) is 6. The Morgan fingerprint density at radius 1 is 1.26 bits per heavy atom. The summed E-state index contributed by atoms with van der Waals surface area (Å²) in [6.45, 7) is 3.99. The van der Waals surface area contributed by atoms with Crippen molar-refractivity contribution in [1.82, 2.24) is 25.4 Å². The zero-order chi connectivity index (χ0) is 22.8. The largest absolute Gasteiger partial charge is 0.343 e. The first-order valence-corrected chi connectivity index (χ1v) is 12.9. The first-order valence-electron chi connectivity index (χ1n) is 10.8. The Labute approximate surface area is 188 Å². The second kappa shape index (κ2) is 10.3. The minimum Gasteiger partial charge on any atom is -0.343 e. The number of carbonyl (C=O) groups is 2. The third-order valence-electron chi connectivity index (χ3n) is 6.60. The van der Waals surface area contributed by atoms with Crippen LogP contribution in [0.15, 0.2) is 0 Å². The number of sulfonamides is 1. The van der Waals surface area contributed by atoms with E-state index in [0.717, 1.165) is 19.6 Å². The normalized spacial score (nSPS) is 35.2. The second-order valence-corrected chi connectivity index (χ2v) is 11.5. The average Bonchev–Trinajstić information content (AvgIpc) is 3.14. The van der Waals surface area contributed by atoms with E-state index in [4.69, 9.17) is 11.6 Å². The van der Waals surface area contributed by atoms with E-state index in [2.05, 4.69) is 20.5 Å². The minimum atomic E-state index is -3.83. The molecule has 3 rings (SSSR count). The van der Waals surface area contributed by atoms with Gasteiger partial charge in [-0.1, -0.05) is 0 Å². The molecule has 2 saturated heterocycles. The van der Waals surface area contributed by atoms with E-state index in [9.17, 15) is 22.4 Å². The molecule has 0 spiro atoms. The van der Waals surface area contributed by atoms with E-state index in [0.29, 0.717) is 32.4 Å². The summed E-state index contributed by atoms with van der Waals surface area (Å²) >= 11 is 6.21. The maximum absolute atomic E-state index is 14.7. The summed E-state index contributed by atoms with van der Waals surface area (Å²) in [5.74, 6) is -2.18. The summed E-state index contributed by atoms with van der Waals surface area (Å²) in [5, 5.41) is 2.56. The molecule has 178 valence electrons. The molecular weight excluding hydrogens is 449 g/mol. The first kappa shape index (κ1) is 24.6. The predicted octanol–water partition coefficient (Wildman–Crippen LogP) is 0.0283. The van der Waals surface area contributed by atoms with Gasteiger partial charge in [0.1, 0.15) is 6.17 Å². The smallest absolute Gasteiger partial charge is 0.241 e. The topological polar surface area (TPSA) is 111 Å².